The van der Waals surface area contributed by atoms with Gasteiger partial charge in [-0.2, -0.15) is 0 Å². The number of hydrogen-bond acceptors (Lipinski definition) is 6. The monoisotopic (exact) mass is 521 g/mol. The van der Waals surface area contributed by atoms with E-state index in [0.29, 0.717) is 34.9 Å². The molecule has 4 rings (SSSR count). The fourth-order valence-electron chi connectivity index (χ4n) is 3.55. The largest absolute Gasteiger partial charge is 0.462 e. The number of carbonyl (C=O) groups is 4. The molecule has 0 atom stereocenters. The Labute approximate surface area is 216 Å². The van der Waals surface area contributed by atoms with Crippen LogP contribution < -0.4 is 15.5 Å². The maximum atomic E-state index is 14.2. The summed E-state index contributed by atoms with van der Waals surface area (Å²) in [4.78, 5) is 51.1. The van der Waals surface area contributed by atoms with Gasteiger partial charge in [0, 0.05) is 16.9 Å². The van der Waals surface area contributed by atoms with E-state index < -0.39 is 34.5 Å². The van der Waals surface area contributed by atoms with E-state index in [-0.39, 0.29) is 16.9 Å². The average molecular weight is 522 g/mol. The third kappa shape index (κ3) is 5.52. The van der Waals surface area contributed by atoms with Crippen molar-refractivity contribution < 1.29 is 28.3 Å². The van der Waals surface area contributed by atoms with Crippen LogP contribution in [0.4, 0.5) is 21.5 Å². The molecule has 1 aliphatic rings. The highest BCUT2D eigenvalue weighted by molar-refractivity contribution is 6.53. The Bertz CT molecular complexity index is 1440. The minimum Gasteiger partial charge on any atom is -0.462 e. The Kier molecular flexibility index (Phi) is 7.64. The Hall–Kier alpha value is -4.50. The lowest BCUT2D eigenvalue weighted by molar-refractivity contribution is -0.120. The SMILES string of the molecule is CCCOC(=O)c1cccc(NC(=O)c2cccc(NC3=C(Cl)C(=O)N(c4ccccc4F)C3=O)c2)c1. The molecule has 10 heteroatoms. The van der Waals surface area contributed by atoms with Crippen molar-refractivity contribution in [2.75, 3.05) is 22.1 Å². The smallest absolute Gasteiger partial charge is 0.338 e. The fourth-order valence-corrected chi connectivity index (χ4v) is 3.76. The number of ether oxygens (including phenoxy) is 1. The summed E-state index contributed by atoms with van der Waals surface area (Å²) in [5.41, 5.74) is 0.744. The molecule has 1 heterocycles. The van der Waals surface area contributed by atoms with Gasteiger partial charge in [0.25, 0.3) is 17.7 Å². The molecule has 0 aromatic heterocycles. The number of nitrogens with one attached hydrogen (secondary N) is 2. The van der Waals surface area contributed by atoms with E-state index in [4.69, 9.17) is 16.3 Å². The number of anilines is 3. The maximum absolute atomic E-state index is 14.2. The molecular formula is C27H21ClFN3O5. The predicted molar refractivity (Wildman–Crippen MR) is 137 cm³/mol. The number of amides is 3. The van der Waals surface area contributed by atoms with E-state index >= 15 is 0 Å². The Morgan fingerprint density at radius 2 is 1.59 bits per heavy atom. The van der Waals surface area contributed by atoms with E-state index in [1.807, 2.05) is 6.92 Å². The highest BCUT2D eigenvalue weighted by Gasteiger charge is 2.40. The summed E-state index contributed by atoms with van der Waals surface area (Å²) in [6.07, 6.45) is 0.690. The highest BCUT2D eigenvalue weighted by Crippen LogP contribution is 2.31. The van der Waals surface area contributed by atoms with Crippen LogP contribution in [0.5, 0.6) is 0 Å². The molecule has 3 amide bonds. The second kappa shape index (κ2) is 11.0. The molecule has 188 valence electrons. The van der Waals surface area contributed by atoms with Crippen LogP contribution in [0, 0.1) is 5.82 Å². The summed E-state index contributed by atoms with van der Waals surface area (Å²) < 4.78 is 19.3. The standard InChI is InChI=1S/C27H21ClFN3O5/c1-2-13-37-27(36)17-8-6-10-19(15-17)31-24(33)16-7-5-9-18(14-16)30-23-22(28)25(34)32(26(23)35)21-12-4-3-11-20(21)29/h3-12,14-15,30H,2,13H2,1H3,(H,31,33). The van der Waals surface area contributed by atoms with Crippen molar-refractivity contribution >= 4 is 52.4 Å². The molecule has 3 aromatic rings. The lowest BCUT2D eigenvalue weighted by atomic mass is 10.1. The zero-order chi connectivity index (χ0) is 26.5. The number of carbonyl (C=O) groups excluding carboxylic acids is 4. The number of benzene rings is 3. The first kappa shape index (κ1) is 25.6. The molecule has 0 aliphatic carbocycles. The molecule has 0 bridgehead atoms. The van der Waals surface area contributed by atoms with Crippen LogP contribution >= 0.6 is 11.6 Å². The second-order valence-electron chi connectivity index (χ2n) is 7.96. The first-order chi connectivity index (χ1) is 17.8. The molecule has 0 radical (unpaired) electrons. The number of hydrogen-bond donors (Lipinski definition) is 2. The summed E-state index contributed by atoms with van der Waals surface area (Å²) in [7, 11) is 0. The van der Waals surface area contributed by atoms with Crippen molar-refractivity contribution in [3.05, 3.63) is 100 Å². The highest BCUT2D eigenvalue weighted by atomic mass is 35.5. The first-order valence-corrected chi connectivity index (χ1v) is 11.7. The van der Waals surface area contributed by atoms with Gasteiger partial charge in [-0.25, -0.2) is 14.1 Å². The molecule has 1 aliphatic heterocycles. The number of para-hydroxylation sites is 1. The van der Waals surface area contributed by atoms with Crippen LogP contribution in [0.2, 0.25) is 0 Å². The minimum absolute atomic E-state index is 0.221. The quantitative estimate of drug-likeness (QED) is 0.316. The van der Waals surface area contributed by atoms with Gasteiger partial charge in [0.2, 0.25) is 0 Å². The van der Waals surface area contributed by atoms with Gasteiger partial charge in [-0.1, -0.05) is 42.8 Å². The van der Waals surface area contributed by atoms with E-state index in [9.17, 15) is 23.6 Å². The fraction of sp³-hybridized carbons (Fsp3) is 0.111. The van der Waals surface area contributed by atoms with Gasteiger partial charge in [-0.15, -0.1) is 0 Å². The molecule has 0 spiro atoms. The molecule has 8 nitrogen and oxygen atoms in total. The van der Waals surface area contributed by atoms with Crippen molar-refractivity contribution in [1.29, 1.82) is 0 Å². The van der Waals surface area contributed by atoms with Gasteiger partial charge in [-0.05, 0) is 55.0 Å². The molecule has 0 fully saturated rings. The van der Waals surface area contributed by atoms with E-state index in [0.717, 1.165) is 6.07 Å². The van der Waals surface area contributed by atoms with Crippen LogP contribution in [0.15, 0.2) is 83.5 Å². The summed E-state index contributed by atoms with van der Waals surface area (Å²) in [6.45, 7) is 2.18. The van der Waals surface area contributed by atoms with Crippen LogP contribution in [0.25, 0.3) is 0 Å². The molecular weight excluding hydrogens is 501 g/mol. The maximum Gasteiger partial charge on any atom is 0.338 e. The summed E-state index contributed by atoms with van der Waals surface area (Å²) in [5, 5.41) is 5.06. The van der Waals surface area contributed by atoms with Crippen LogP contribution in [-0.2, 0) is 14.3 Å². The van der Waals surface area contributed by atoms with Gasteiger partial charge < -0.3 is 15.4 Å². The van der Waals surface area contributed by atoms with Gasteiger partial charge in [0.15, 0.2) is 0 Å². The van der Waals surface area contributed by atoms with Crippen molar-refractivity contribution in [2.45, 2.75) is 13.3 Å². The van der Waals surface area contributed by atoms with Gasteiger partial charge >= 0.3 is 5.97 Å². The summed E-state index contributed by atoms with van der Waals surface area (Å²) >= 11 is 6.12. The minimum atomic E-state index is -0.870. The zero-order valence-corrected chi connectivity index (χ0v) is 20.3. The third-order valence-corrected chi connectivity index (χ3v) is 5.66. The summed E-state index contributed by atoms with van der Waals surface area (Å²) in [5.74, 6) is -3.43. The van der Waals surface area contributed by atoms with Crippen LogP contribution in [0.1, 0.15) is 34.1 Å². The Morgan fingerprint density at radius 3 is 2.32 bits per heavy atom. The Morgan fingerprint density at radius 1 is 0.919 bits per heavy atom. The number of esters is 1. The topological polar surface area (TPSA) is 105 Å². The number of nitrogens with zero attached hydrogens (tertiary/aromatic N) is 1. The second-order valence-corrected chi connectivity index (χ2v) is 8.34. The van der Waals surface area contributed by atoms with Crippen LogP contribution in [0.3, 0.4) is 0 Å². The molecule has 3 aromatic carbocycles. The zero-order valence-electron chi connectivity index (χ0n) is 19.6. The van der Waals surface area contributed by atoms with E-state index in [2.05, 4.69) is 10.6 Å². The molecule has 0 unspecified atom stereocenters. The van der Waals surface area contributed by atoms with Crippen molar-refractivity contribution in [3.63, 3.8) is 0 Å². The average Bonchev–Trinajstić information content (AvgIpc) is 3.11. The van der Waals surface area contributed by atoms with Gasteiger partial charge in [0.05, 0.1) is 17.9 Å². The third-order valence-electron chi connectivity index (χ3n) is 5.31. The lowest BCUT2D eigenvalue weighted by Crippen LogP contribution is -2.33. The van der Waals surface area contributed by atoms with Gasteiger partial charge in [0.1, 0.15) is 16.5 Å². The van der Waals surface area contributed by atoms with E-state index in [1.54, 1.807) is 36.4 Å². The normalized spacial score (nSPS) is 13.1. The Balaban J connectivity index is 1.50. The summed E-state index contributed by atoms with van der Waals surface area (Å²) in [6, 6.07) is 17.8. The molecule has 37 heavy (non-hydrogen) atoms. The van der Waals surface area contributed by atoms with Crippen LogP contribution in [-0.4, -0.2) is 30.3 Å². The number of halogens is 2. The number of rotatable bonds is 8. The van der Waals surface area contributed by atoms with Crippen molar-refractivity contribution in [2.24, 2.45) is 0 Å². The predicted octanol–water partition coefficient (Wildman–Crippen LogP) is 5.08. The molecule has 0 saturated heterocycles. The molecule has 2 N–H and O–H groups in total. The first-order valence-electron chi connectivity index (χ1n) is 11.3. The lowest BCUT2D eigenvalue weighted by Gasteiger charge is -2.15. The van der Waals surface area contributed by atoms with E-state index in [1.165, 1.54) is 30.3 Å². The van der Waals surface area contributed by atoms with Crippen molar-refractivity contribution in [3.8, 4) is 0 Å². The number of imide groups is 1. The van der Waals surface area contributed by atoms with Gasteiger partial charge in [-0.3, -0.25) is 14.4 Å². The van der Waals surface area contributed by atoms with Crippen molar-refractivity contribution in [1.82, 2.24) is 0 Å². The molecule has 0 saturated carbocycles.